The molecule has 0 saturated heterocycles. The third-order valence-corrected chi connectivity index (χ3v) is 4.17. The van der Waals surface area contributed by atoms with Crippen LogP contribution in [0, 0.1) is 11.8 Å². The summed E-state index contributed by atoms with van der Waals surface area (Å²) in [4.78, 5) is 16.9. The van der Waals surface area contributed by atoms with Crippen LogP contribution in [0.15, 0.2) is 36.5 Å². The van der Waals surface area contributed by atoms with Crippen LogP contribution >= 0.6 is 0 Å². The minimum Gasteiger partial charge on any atom is -0.330 e. The van der Waals surface area contributed by atoms with Gasteiger partial charge in [-0.1, -0.05) is 24.6 Å². The lowest BCUT2D eigenvalue weighted by Gasteiger charge is -2.16. The number of fused-ring (bicyclic) bond motifs is 1. The second kappa shape index (κ2) is 5.10. The number of nitrogens with zero attached hydrogens (tertiary/aromatic N) is 1. The van der Waals surface area contributed by atoms with Crippen molar-refractivity contribution >= 4 is 16.7 Å². The third kappa shape index (κ3) is 2.26. The molecule has 1 fully saturated rings. The highest BCUT2D eigenvalue weighted by molar-refractivity contribution is 6.00. The molecule has 0 spiro atoms. The number of Topliss-reactive ketones (excluding diaryl/α,β-unsaturated/α-hetero) is 1. The molecule has 3 nitrogen and oxygen atoms in total. The van der Waals surface area contributed by atoms with E-state index in [2.05, 4.69) is 4.98 Å². The van der Waals surface area contributed by atoms with Gasteiger partial charge >= 0.3 is 0 Å². The summed E-state index contributed by atoms with van der Waals surface area (Å²) >= 11 is 0. The van der Waals surface area contributed by atoms with Crippen molar-refractivity contribution in [2.45, 2.75) is 19.3 Å². The number of para-hydroxylation sites is 1. The van der Waals surface area contributed by atoms with Crippen molar-refractivity contribution in [3.05, 3.63) is 42.1 Å². The van der Waals surface area contributed by atoms with Gasteiger partial charge in [0.2, 0.25) is 0 Å². The summed E-state index contributed by atoms with van der Waals surface area (Å²) in [5.74, 6) is 0.651. The summed E-state index contributed by atoms with van der Waals surface area (Å²) in [5.41, 5.74) is 7.42. The van der Waals surface area contributed by atoms with Gasteiger partial charge in [0.1, 0.15) is 0 Å². The highest BCUT2D eigenvalue weighted by Crippen LogP contribution is 2.33. The molecule has 98 valence electrons. The molecule has 1 aliphatic rings. The Kier molecular flexibility index (Phi) is 3.30. The Hall–Kier alpha value is -1.74. The minimum atomic E-state index is 0.0907. The second-order valence-corrected chi connectivity index (χ2v) is 5.31. The molecule has 0 radical (unpaired) electrons. The van der Waals surface area contributed by atoms with E-state index in [-0.39, 0.29) is 11.7 Å². The molecular weight excluding hydrogens is 236 g/mol. The van der Waals surface area contributed by atoms with Gasteiger partial charge in [-0.15, -0.1) is 0 Å². The fourth-order valence-electron chi connectivity index (χ4n) is 3.08. The van der Waals surface area contributed by atoms with E-state index < -0.39 is 0 Å². The Bertz CT molecular complexity index is 608. The third-order valence-electron chi connectivity index (χ3n) is 4.17. The Morgan fingerprint density at radius 3 is 3.00 bits per heavy atom. The van der Waals surface area contributed by atoms with Gasteiger partial charge in [0.15, 0.2) is 5.78 Å². The van der Waals surface area contributed by atoms with Crippen LogP contribution in [-0.2, 0) is 0 Å². The van der Waals surface area contributed by atoms with Gasteiger partial charge in [-0.25, -0.2) is 0 Å². The topological polar surface area (TPSA) is 56.0 Å². The zero-order valence-electron chi connectivity index (χ0n) is 10.9. The number of nitrogens with two attached hydrogens (primary N) is 1. The van der Waals surface area contributed by atoms with Crippen LogP contribution in [0.1, 0.15) is 29.6 Å². The molecule has 2 atom stereocenters. The summed E-state index contributed by atoms with van der Waals surface area (Å²) in [6.07, 6.45) is 4.86. The van der Waals surface area contributed by atoms with Crippen LogP contribution in [0.3, 0.4) is 0 Å². The highest BCUT2D eigenvalue weighted by Gasteiger charge is 2.32. The van der Waals surface area contributed by atoms with Crippen molar-refractivity contribution in [1.29, 1.82) is 0 Å². The monoisotopic (exact) mass is 254 g/mol. The number of carbonyl (C=O) groups is 1. The summed E-state index contributed by atoms with van der Waals surface area (Å²) in [6, 6.07) is 9.83. The second-order valence-electron chi connectivity index (χ2n) is 5.31. The molecule has 2 N–H and O–H groups in total. The maximum atomic E-state index is 12.6. The predicted molar refractivity (Wildman–Crippen MR) is 76.0 cm³/mol. The van der Waals surface area contributed by atoms with E-state index in [0.29, 0.717) is 12.5 Å². The maximum absolute atomic E-state index is 12.6. The lowest BCUT2D eigenvalue weighted by atomic mass is 9.88. The largest absolute Gasteiger partial charge is 0.330 e. The van der Waals surface area contributed by atoms with E-state index in [1.807, 2.05) is 30.3 Å². The van der Waals surface area contributed by atoms with E-state index >= 15 is 0 Å². The van der Waals surface area contributed by atoms with Crippen LogP contribution in [0.4, 0.5) is 0 Å². The van der Waals surface area contributed by atoms with Crippen molar-refractivity contribution < 1.29 is 4.79 Å². The summed E-state index contributed by atoms with van der Waals surface area (Å²) in [7, 11) is 0. The first-order valence-corrected chi connectivity index (χ1v) is 6.88. The SMILES string of the molecule is NCC1CCCC1C(=O)c1cnc2ccccc2c1. The molecule has 2 aromatic rings. The Morgan fingerprint density at radius 2 is 2.16 bits per heavy atom. The van der Waals surface area contributed by atoms with Crippen molar-refractivity contribution in [2.75, 3.05) is 6.54 Å². The van der Waals surface area contributed by atoms with E-state index in [4.69, 9.17) is 5.73 Å². The molecule has 1 aromatic heterocycles. The van der Waals surface area contributed by atoms with Gasteiger partial charge in [-0.3, -0.25) is 9.78 Å². The lowest BCUT2D eigenvalue weighted by molar-refractivity contribution is 0.0893. The van der Waals surface area contributed by atoms with Crippen LogP contribution in [0.25, 0.3) is 10.9 Å². The van der Waals surface area contributed by atoms with Crippen molar-refractivity contribution in [1.82, 2.24) is 4.98 Å². The molecule has 3 heteroatoms. The van der Waals surface area contributed by atoms with Gasteiger partial charge in [-0.05, 0) is 37.4 Å². The molecule has 3 rings (SSSR count). The summed E-state index contributed by atoms with van der Waals surface area (Å²) in [6.45, 7) is 0.609. The number of ketones is 1. The Morgan fingerprint density at radius 1 is 1.32 bits per heavy atom. The standard InChI is InChI=1S/C16H18N2O/c17-9-12-5-3-6-14(12)16(19)13-8-11-4-1-2-7-15(11)18-10-13/h1-2,4,7-8,10,12,14H,3,5-6,9,17H2. The van der Waals surface area contributed by atoms with Crippen molar-refractivity contribution in [3.8, 4) is 0 Å². The lowest BCUT2D eigenvalue weighted by Crippen LogP contribution is -2.25. The molecule has 1 saturated carbocycles. The molecule has 2 unspecified atom stereocenters. The quantitative estimate of drug-likeness (QED) is 0.857. The number of rotatable bonds is 3. The fraction of sp³-hybridized carbons (Fsp3) is 0.375. The number of carbonyl (C=O) groups excluding carboxylic acids is 1. The summed E-state index contributed by atoms with van der Waals surface area (Å²) in [5, 5.41) is 1.02. The van der Waals surface area contributed by atoms with Crippen molar-refractivity contribution in [3.63, 3.8) is 0 Å². The van der Waals surface area contributed by atoms with Gasteiger partial charge in [-0.2, -0.15) is 0 Å². The maximum Gasteiger partial charge on any atom is 0.167 e. The van der Waals surface area contributed by atoms with E-state index in [1.54, 1.807) is 6.20 Å². The first-order chi connectivity index (χ1) is 9.29. The predicted octanol–water partition coefficient (Wildman–Crippen LogP) is 2.79. The van der Waals surface area contributed by atoms with E-state index in [9.17, 15) is 4.79 Å². The average molecular weight is 254 g/mol. The molecule has 0 aliphatic heterocycles. The number of benzene rings is 1. The first kappa shape index (κ1) is 12.3. The molecule has 1 aliphatic carbocycles. The zero-order chi connectivity index (χ0) is 13.2. The number of aromatic nitrogens is 1. The van der Waals surface area contributed by atoms with Crippen molar-refractivity contribution in [2.24, 2.45) is 17.6 Å². The molecular formula is C16H18N2O. The minimum absolute atomic E-state index is 0.0907. The van der Waals surface area contributed by atoms with Crippen LogP contribution in [0.2, 0.25) is 0 Å². The van der Waals surface area contributed by atoms with Crippen LogP contribution in [-0.4, -0.2) is 17.3 Å². The summed E-state index contributed by atoms with van der Waals surface area (Å²) < 4.78 is 0. The zero-order valence-corrected chi connectivity index (χ0v) is 10.9. The highest BCUT2D eigenvalue weighted by atomic mass is 16.1. The smallest absolute Gasteiger partial charge is 0.167 e. The molecule has 0 bridgehead atoms. The molecule has 1 aromatic carbocycles. The fourth-order valence-corrected chi connectivity index (χ4v) is 3.08. The number of pyridine rings is 1. The molecule has 1 heterocycles. The molecule has 19 heavy (non-hydrogen) atoms. The van der Waals surface area contributed by atoms with Gasteiger partial charge < -0.3 is 5.73 Å². The Labute approximate surface area is 112 Å². The van der Waals surface area contributed by atoms with Gasteiger partial charge in [0.05, 0.1) is 5.52 Å². The van der Waals surface area contributed by atoms with E-state index in [0.717, 1.165) is 35.7 Å². The number of hydrogen-bond acceptors (Lipinski definition) is 3. The van der Waals surface area contributed by atoms with Gasteiger partial charge in [0.25, 0.3) is 0 Å². The van der Waals surface area contributed by atoms with Crippen LogP contribution < -0.4 is 5.73 Å². The van der Waals surface area contributed by atoms with E-state index in [1.165, 1.54) is 0 Å². The van der Waals surface area contributed by atoms with Gasteiger partial charge in [0, 0.05) is 23.1 Å². The normalized spacial score (nSPS) is 22.8. The van der Waals surface area contributed by atoms with Crippen LogP contribution in [0.5, 0.6) is 0 Å². The first-order valence-electron chi connectivity index (χ1n) is 6.88. The molecule has 0 amide bonds. The average Bonchev–Trinajstić information content (AvgIpc) is 2.94. The number of hydrogen-bond donors (Lipinski definition) is 1. The Balaban J connectivity index is 1.93.